The number of benzene rings is 1. The smallest absolute Gasteiger partial charge is 0.493 e. The molecule has 0 aliphatic heterocycles. The lowest BCUT2D eigenvalue weighted by Crippen LogP contribution is -2.17. The van der Waals surface area contributed by atoms with E-state index in [4.69, 9.17) is 9.47 Å². The Balaban J connectivity index is 1.92. The van der Waals surface area contributed by atoms with Gasteiger partial charge in [-0.2, -0.15) is 0 Å². The van der Waals surface area contributed by atoms with Crippen LogP contribution in [0, 0.1) is 5.92 Å². The van der Waals surface area contributed by atoms with Gasteiger partial charge in [-0.25, -0.2) is 4.79 Å². The van der Waals surface area contributed by atoms with Gasteiger partial charge in [0.1, 0.15) is 17.1 Å². The molecule has 1 aliphatic carbocycles. The van der Waals surface area contributed by atoms with E-state index in [2.05, 4.69) is 16.6 Å². The molecule has 1 aromatic heterocycles. The normalized spacial score (nSPS) is 18.7. The molecule has 1 unspecified atom stereocenters. The summed E-state index contributed by atoms with van der Waals surface area (Å²) in [6.07, 6.45) is -2.68. The van der Waals surface area contributed by atoms with Gasteiger partial charge in [-0.3, -0.25) is 4.98 Å². The highest BCUT2D eigenvalue weighted by atomic mass is 19.4. The van der Waals surface area contributed by atoms with E-state index in [0.29, 0.717) is 11.6 Å². The third-order valence-corrected chi connectivity index (χ3v) is 4.20. The second kappa shape index (κ2) is 6.98. The zero-order valence-corrected chi connectivity index (χ0v) is 14.4. The minimum Gasteiger partial charge on any atom is -0.493 e. The molecule has 1 aliphatic rings. The predicted molar refractivity (Wildman–Crippen MR) is 87.5 cm³/mol. The number of halogens is 3. The number of carboxylic acid groups (broad SMARTS) is 1. The molecular weight excluding hydrogens is 367 g/mol. The summed E-state index contributed by atoms with van der Waals surface area (Å²) in [7, 11) is 1.25. The Morgan fingerprint density at radius 1 is 1.22 bits per heavy atom. The van der Waals surface area contributed by atoms with Crippen LogP contribution in [0.3, 0.4) is 0 Å². The number of rotatable bonds is 6. The maximum Gasteiger partial charge on any atom is 0.573 e. The zero-order valence-electron chi connectivity index (χ0n) is 14.4. The summed E-state index contributed by atoms with van der Waals surface area (Å²) in [5.74, 6) is -0.971. The molecule has 1 fully saturated rings. The summed E-state index contributed by atoms with van der Waals surface area (Å²) in [5.41, 5.74) is 0.545. The minimum atomic E-state index is -4.84. The number of ether oxygens (including phenoxy) is 3. The molecule has 0 radical (unpaired) electrons. The van der Waals surface area contributed by atoms with E-state index >= 15 is 0 Å². The molecular formula is C18H16F3NO5. The molecule has 9 heteroatoms. The molecule has 1 N–H and O–H groups in total. The maximum absolute atomic E-state index is 12.4. The van der Waals surface area contributed by atoms with Crippen molar-refractivity contribution >= 4 is 5.97 Å². The largest absolute Gasteiger partial charge is 0.573 e. The fourth-order valence-corrected chi connectivity index (χ4v) is 2.68. The van der Waals surface area contributed by atoms with Gasteiger partial charge in [0.2, 0.25) is 0 Å². The second-order valence-electron chi connectivity index (χ2n) is 6.19. The van der Waals surface area contributed by atoms with Crippen LogP contribution in [0.5, 0.6) is 23.0 Å². The number of carboxylic acids is 1. The molecule has 144 valence electrons. The fourth-order valence-electron chi connectivity index (χ4n) is 2.68. The average molecular weight is 383 g/mol. The van der Waals surface area contributed by atoms with Crippen LogP contribution < -0.4 is 14.2 Å². The van der Waals surface area contributed by atoms with Gasteiger partial charge in [-0.05, 0) is 24.5 Å². The van der Waals surface area contributed by atoms with Crippen LogP contribution in [0.1, 0.15) is 35.3 Å². The van der Waals surface area contributed by atoms with Crippen molar-refractivity contribution in [1.29, 1.82) is 0 Å². The topological polar surface area (TPSA) is 77.9 Å². The van der Waals surface area contributed by atoms with Gasteiger partial charge < -0.3 is 19.3 Å². The van der Waals surface area contributed by atoms with Gasteiger partial charge in [0, 0.05) is 29.9 Å². The van der Waals surface area contributed by atoms with Gasteiger partial charge in [-0.15, -0.1) is 13.2 Å². The lowest BCUT2D eigenvalue weighted by molar-refractivity contribution is -0.274. The predicted octanol–water partition coefficient (Wildman–Crippen LogP) is 4.60. The van der Waals surface area contributed by atoms with E-state index in [1.165, 1.54) is 25.4 Å². The second-order valence-corrected chi connectivity index (χ2v) is 6.19. The van der Waals surface area contributed by atoms with E-state index in [1.54, 1.807) is 0 Å². The number of hydrogen-bond donors (Lipinski definition) is 1. The first-order valence-electron chi connectivity index (χ1n) is 8.03. The van der Waals surface area contributed by atoms with Crippen LogP contribution in [-0.4, -0.2) is 29.5 Å². The Morgan fingerprint density at radius 3 is 2.48 bits per heavy atom. The van der Waals surface area contributed by atoms with Crippen molar-refractivity contribution in [1.82, 2.24) is 4.98 Å². The van der Waals surface area contributed by atoms with Gasteiger partial charge in [-0.1, -0.05) is 6.92 Å². The zero-order chi connectivity index (χ0) is 19.8. The molecule has 27 heavy (non-hydrogen) atoms. The molecule has 0 saturated heterocycles. The summed E-state index contributed by atoms with van der Waals surface area (Å²) in [6.45, 7) is 2.06. The fraction of sp³-hybridized carbons (Fsp3) is 0.333. The Kier molecular flexibility index (Phi) is 4.86. The summed E-state index contributed by atoms with van der Waals surface area (Å²) in [5, 5.41) is 9.34. The van der Waals surface area contributed by atoms with Crippen LogP contribution >= 0.6 is 0 Å². The van der Waals surface area contributed by atoms with Crippen molar-refractivity contribution in [2.75, 3.05) is 7.11 Å². The first kappa shape index (κ1) is 18.8. The van der Waals surface area contributed by atoms with E-state index < -0.39 is 18.1 Å². The van der Waals surface area contributed by atoms with Crippen molar-refractivity contribution in [3.05, 3.63) is 41.7 Å². The summed E-state index contributed by atoms with van der Waals surface area (Å²) < 4.78 is 51.6. The number of carbonyl (C=O) groups is 1. The van der Waals surface area contributed by atoms with Crippen molar-refractivity contribution < 1.29 is 37.3 Å². The van der Waals surface area contributed by atoms with Gasteiger partial charge in [0.15, 0.2) is 11.5 Å². The molecule has 1 aromatic carbocycles. The highest BCUT2D eigenvalue weighted by Crippen LogP contribution is 2.47. The Morgan fingerprint density at radius 2 is 1.93 bits per heavy atom. The molecule has 1 saturated carbocycles. The van der Waals surface area contributed by atoms with Crippen molar-refractivity contribution in [2.45, 2.75) is 25.6 Å². The van der Waals surface area contributed by atoms with Crippen molar-refractivity contribution in [3.63, 3.8) is 0 Å². The van der Waals surface area contributed by atoms with Crippen LogP contribution in [0.25, 0.3) is 0 Å². The van der Waals surface area contributed by atoms with Crippen LogP contribution in [0.2, 0.25) is 0 Å². The quantitative estimate of drug-likeness (QED) is 0.785. The van der Waals surface area contributed by atoms with E-state index in [0.717, 1.165) is 18.6 Å². The van der Waals surface area contributed by atoms with Crippen LogP contribution in [0.15, 0.2) is 30.5 Å². The van der Waals surface area contributed by atoms with Crippen molar-refractivity contribution in [2.24, 2.45) is 5.92 Å². The molecule has 2 atom stereocenters. The molecule has 3 rings (SSSR count). The van der Waals surface area contributed by atoms with Crippen LogP contribution in [-0.2, 0) is 0 Å². The van der Waals surface area contributed by atoms with Gasteiger partial charge >= 0.3 is 12.3 Å². The number of pyridine rings is 1. The average Bonchev–Trinajstić information content (AvgIpc) is 3.31. The first-order chi connectivity index (χ1) is 12.7. The lowest BCUT2D eigenvalue weighted by atomic mass is 10.1. The Labute approximate surface area is 152 Å². The number of aromatic nitrogens is 1. The number of nitrogens with zero attached hydrogens (tertiary/aromatic N) is 1. The van der Waals surface area contributed by atoms with Gasteiger partial charge in [0.25, 0.3) is 0 Å². The Bertz CT molecular complexity index is 869. The van der Waals surface area contributed by atoms with Gasteiger partial charge in [0.05, 0.1) is 7.11 Å². The first-order valence-corrected chi connectivity index (χ1v) is 8.03. The summed E-state index contributed by atoms with van der Waals surface area (Å²) >= 11 is 0. The number of hydrogen-bond acceptors (Lipinski definition) is 5. The number of alkyl halides is 3. The highest BCUT2D eigenvalue weighted by Gasteiger charge is 2.36. The van der Waals surface area contributed by atoms with E-state index in [1.807, 2.05) is 0 Å². The molecule has 6 nitrogen and oxygen atoms in total. The molecule has 2 aromatic rings. The molecule has 0 amide bonds. The Hall–Kier alpha value is -2.97. The third kappa shape index (κ3) is 4.42. The minimum absolute atomic E-state index is 0.0359. The van der Waals surface area contributed by atoms with E-state index in [-0.39, 0.29) is 28.7 Å². The third-order valence-electron chi connectivity index (χ3n) is 4.20. The molecule has 0 spiro atoms. The molecule has 1 heterocycles. The maximum atomic E-state index is 12.4. The number of methoxy groups -OCH3 is 1. The summed E-state index contributed by atoms with van der Waals surface area (Å²) in [6, 6.07) is 4.81. The lowest BCUT2D eigenvalue weighted by Gasteiger charge is -2.15. The molecule has 0 bridgehead atoms. The van der Waals surface area contributed by atoms with E-state index in [9.17, 15) is 23.1 Å². The monoisotopic (exact) mass is 383 g/mol. The standard InChI is InChI=1S/C18H16F3NO5/c1-9-5-11(9)13-7-15(12(8-22-13)17(23)24)26-14-4-3-10(6-16(14)25-2)27-18(19,20)21/h3-4,6-9,11H,5H2,1-2H3,(H,23,24)/t9-,11?/m1/s1. The number of aromatic carboxylic acids is 1. The van der Waals surface area contributed by atoms with Crippen LogP contribution in [0.4, 0.5) is 13.2 Å². The SMILES string of the molecule is COc1cc(OC(F)(F)F)ccc1Oc1cc(C2C[C@H]2C)ncc1C(=O)O. The van der Waals surface area contributed by atoms with Crippen molar-refractivity contribution in [3.8, 4) is 23.0 Å². The summed E-state index contributed by atoms with van der Waals surface area (Å²) in [4.78, 5) is 15.6. The highest BCUT2D eigenvalue weighted by molar-refractivity contribution is 5.90.